The number of nitrogens with one attached hydrogen (secondary N) is 3. The van der Waals surface area contributed by atoms with E-state index in [0.717, 1.165) is 37.2 Å². The number of nitrogens with zero attached hydrogens (tertiary/aromatic N) is 3. The fourth-order valence-corrected chi connectivity index (χ4v) is 4.90. The topological polar surface area (TPSA) is 79.1 Å². The summed E-state index contributed by atoms with van der Waals surface area (Å²) in [5.41, 5.74) is 1.59. The van der Waals surface area contributed by atoms with Crippen LogP contribution in [0.25, 0.3) is 0 Å². The molecule has 8 heteroatoms. The largest absolute Gasteiger partial charge is 0.382 e. The van der Waals surface area contributed by atoms with Crippen LogP contribution in [0.15, 0.2) is 12.3 Å². The number of hydrogen-bond donors (Lipinski definition) is 3. The van der Waals surface area contributed by atoms with E-state index < -0.39 is 0 Å². The number of rotatable bonds is 3. The van der Waals surface area contributed by atoms with Gasteiger partial charge in [0.25, 0.3) is 0 Å². The normalized spacial score (nSPS) is 25.8. The SMILES string of the molecule is CN1C2CCC1CN(C(=N)SC(=N)c1cnc(Cl)cc1NC1CCC1)C2. The maximum Gasteiger partial charge on any atom is 0.162 e. The number of fused-ring (bicyclic) bond motifs is 2. The molecule has 3 aliphatic rings. The van der Waals surface area contributed by atoms with Gasteiger partial charge in [-0.1, -0.05) is 11.6 Å². The fraction of sp³-hybridized carbons (Fsp3) is 0.611. The Kier molecular flexibility index (Phi) is 5.12. The van der Waals surface area contributed by atoms with Crippen molar-refractivity contribution in [2.75, 3.05) is 25.5 Å². The number of hydrogen-bond acceptors (Lipinski definition) is 6. The van der Waals surface area contributed by atoms with Gasteiger partial charge in [0, 0.05) is 48.7 Å². The highest BCUT2D eigenvalue weighted by Gasteiger charge is 2.38. The van der Waals surface area contributed by atoms with Gasteiger partial charge in [-0.3, -0.25) is 15.7 Å². The highest BCUT2D eigenvalue weighted by atomic mass is 35.5. The zero-order valence-electron chi connectivity index (χ0n) is 15.0. The number of halogens is 1. The molecule has 2 bridgehead atoms. The maximum atomic E-state index is 8.53. The lowest BCUT2D eigenvalue weighted by Crippen LogP contribution is -2.53. The highest BCUT2D eigenvalue weighted by molar-refractivity contribution is 8.26. The molecule has 4 rings (SSSR count). The first-order valence-electron chi connectivity index (χ1n) is 9.25. The lowest BCUT2D eigenvalue weighted by Gasteiger charge is -2.39. The summed E-state index contributed by atoms with van der Waals surface area (Å²) in [6, 6.07) is 3.33. The molecule has 2 saturated heterocycles. The second kappa shape index (κ2) is 7.37. The van der Waals surface area contributed by atoms with Gasteiger partial charge in [-0.2, -0.15) is 0 Å². The summed E-state index contributed by atoms with van der Waals surface area (Å²) in [4.78, 5) is 8.73. The van der Waals surface area contributed by atoms with Crippen molar-refractivity contribution in [1.82, 2.24) is 14.8 Å². The van der Waals surface area contributed by atoms with Gasteiger partial charge in [-0.25, -0.2) is 4.98 Å². The molecule has 0 radical (unpaired) electrons. The van der Waals surface area contributed by atoms with E-state index in [2.05, 4.69) is 27.1 Å². The number of pyridine rings is 1. The predicted molar refractivity (Wildman–Crippen MR) is 109 cm³/mol. The van der Waals surface area contributed by atoms with E-state index >= 15 is 0 Å². The van der Waals surface area contributed by atoms with Gasteiger partial charge in [0.1, 0.15) is 10.2 Å². The molecule has 2 aliphatic heterocycles. The summed E-state index contributed by atoms with van der Waals surface area (Å²) >= 11 is 7.28. The monoisotopic (exact) mass is 392 g/mol. The summed E-state index contributed by atoms with van der Waals surface area (Å²) in [5.74, 6) is 0. The van der Waals surface area contributed by atoms with Crippen LogP contribution in [0.2, 0.25) is 5.15 Å². The average Bonchev–Trinajstić information content (AvgIpc) is 2.79. The summed E-state index contributed by atoms with van der Waals surface area (Å²) < 4.78 is 0. The zero-order chi connectivity index (χ0) is 18.3. The van der Waals surface area contributed by atoms with Crippen LogP contribution in [-0.4, -0.2) is 63.3 Å². The molecule has 26 heavy (non-hydrogen) atoms. The first-order chi connectivity index (χ1) is 12.5. The molecule has 3 N–H and O–H groups in total. The molecule has 1 aromatic rings. The van der Waals surface area contributed by atoms with Gasteiger partial charge in [0.2, 0.25) is 0 Å². The molecule has 2 atom stereocenters. The van der Waals surface area contributed by atoms with E-state index in [1.54, 1.807) is 12.3 Å². The van der Waals surface area contributed by atoms with Crippen molar-refractivity contribution in [2.45, 2.75) is 50.2 Å². The van der Waals surface area contributed by atoms with Crippen LogP contribution in [0.1, 0.15) is 37.7 Å². The lowest BCUT2D eigenvalue weighted by atomic mass is 9.93. The Bertz CT molecular complexity index is 708. The van der Waals surface area contributed by atoms with Gasteiger partial charge < -0.3 is 10.2 Å². The predicted octanol–water partition coefficient (Wildman–Crippen LogP) is 3.47. The fourth-order valence-electron chi connectivity index (χ4n) is 4.00. The third-order valence-corrected chi connectivity index (χ3v) is 7.00. The second-order valence-corrected chi connectivity index (χ2v) is 8.90. The third-order valence-electron chi connectivity index (χ3n) is 5.91. The Labute approximate surface area is 163 Å². The van der Waals surface area contributed by atoms with Crippen LogP contribution in [-0.2, 0) is 0 Å². The third kappa shape index (κ3) is 3.57. The quantitative estimate of drug-likeness (QED) is 0.417. The van der Waals surface area contributed by atoms with Gasteiger partial charge in [-0.05, 0) is 57.0 Å². The Hall–Kier alpha value is -1.31. The van der Waals surface area contributed by atoms with Gasteiger partial charge in [0.15, 0.2) is 5.17 Å². The molecule has 1 aromatic heterocycles. The summed E-state index contributed by atoms with van der Waals surface area (Å²) in [6.07, 6.45) is 7.63. The molecular formula is C18H25ClN6S. The molecular weight excluding hydrogens is 368 g/mol. The van der Waals surface area contributed by atoms with Crippen molar-refractivity contribution in [2.24, 2.45) is 0 Å². The Morgan fingerprint density at radius 3 is 2.54 bits per heavy atom. The minimum Gasteiger partial charge on any atom is -0.382 e. The maximum absolute atomic E-state index is 8.53. The van der Waals surface area contributed by atoms with E-state index in [4.69, 9.17) is 22.4 Å². The molecule has 140 valence electrons. The van der Waals surface area contributed by atoms with E-state index in [1.807, 2.05) is 0 Å². The van der Waals surface area contributed by atoms with Crippen LogP contribution in [0.4, 0.5) is 5.69 Å². The number of thioether (sulfide) groups is 1. The molecule has 0 spiro atoms. The summed E-state index contributed by atoms with van der Waals surface area (Å²) in [7, 11) is 2.19. The van der Waals surface area contributed by atoms with Crippen LogP contribution in [0.5, 0.6) is 0 Å². The summed E-state index contributed by atoms with van der Waals surface area (Å²) in [5, 5.41) is 21.8. The van der Waals surface area contributed by atoms with E-state index in [-0.39, 0.29) is 0 Å². The van der Waals surface area contributed by atoms with Crippen LogP contribution >= 0.6 is 23.4 Å². The number of aromatic nitrogens is 1. The number of amidine groups is 1. The van der Waals surface area contributed by atoms with Crippen molar-refractivity contribution in [3.63, 3.8) is 0 Å². The molecule has 3 fully saturated rings. The van der Waals surface area contributed by atoms with E-state index in [1.165, 1.54) is 31.0 Å². The molecule has 1 aliphatic carbocycles. The molecule has 6 nitrogen and oxygen atoms in total. The number of likely N-dealkylation sites (N-methyl/N-ethyl adjacent to an activating group) is 1. The van der Waals surface area contributed by atoms with Gasteiger partial charge in [0.05, 0.1) is 0 Å². The van der Waals surface area contributed by atoms with Crippen molar-refractivity contribution in [1.29, 1.82) is 10.8 Å². The van der Waals surface area contributed by atoms with Crippen molar-refractivity contribution in [3.8, 4) is 0 Å². The second-order valence-electron chi connectivity index (χ2n) is 7.52. The first kappa shape index (κ1) is 18.1. The van der Waals surface area contributed by atoms with Crippen molar-refractivity contribution >= 4 is 39.3 Å². The number of likely N-dealkylation sites (tertiary alicyclic amines) is 1. The highest BCUT2D eigenvalue weighted by Crippen LogP contribution is 2.32. The van der Waals surface area contributed by atoms with Crippen molar-refractivity contribution in [3.05, 3.63) is 23.0 Å². The van der Waals surface area contributed by atoms with Gasteiger partial charge >= 0.3 is 0 Å². The van der Waals surface area contributed by atoms with Crippen LogP contribution in [0.3, 0.4) is 0 Å². The molecule has 2 unspecified atom stereocenters. The number of anilines is 1. The van der Waals surface area contributed by atoms with E-state index in [0.29, 0.717) is 33.5 Å². The standard InChI is InChI=1S/C18H25ClN6S/c1-24-12-5-6-13(24)10-25(9-12)18(21)26-17(20)14-8-22-16(19)7-15(14)23-11-3-2-4-11/h7-8,11-13,20-21H,2-6,9-10H2,1H3,(H,22,23). The van der Waals surface area contributed by atoms with Crippen molar-refractivity contribution < 1.29 is 0 Å². The first-order valence-corrected chi connectivity index (χ1v) is 10.4. The number of piperazine rings is 1. The minimum absolute atomic E-state index is 0.354. The zero-order valence-corrected chi connectivity index (χ0v) is 16.5. The van der Waals surface area contributed by atoms with Crippen LogP contribution in [0, 0.1) is 10.8 Å². The lowest BCUT2D eigenvalue weighted by molar-refractivity contribution is 0.135. The molecule has 0 aromatic carbocycles. The summed E-state index contributed by atoms with van der Waals surface area (Å²) in [6.45, 7) is 1.77. The Morgan fingerprint density at radius 2 is 1.92 bits per heavy atom. The smallest absolute Gasteiger partial charge is 0.162 e. The molecule has 1 saturated carbocycles. The Morgan fingerprint density at radius 1 is 1.23 bits per heavy atom. The molecule has 0 amide bonds. The average molecular weight is 393 g/mol. The van der Waals surface area contributed by atoms with E-state index in [9.17, 15) is 0 Å². The Balaban J connectivity index is 1.43. The minimum atomic E-state index is 0.354. The van der Waals surface area contributed by atoms with Crippen LogP contribution < -0.4 is 5.32 Å². The molecule has 3 heterocycles. The van der Waals surface area contributed by atoms with Gasteiger partial charge in [-0.15, -0.1) is 0 Å².